The fraction of sp³-hybridized carbons (Fsp3) is 0.556. The van der Waals surface area contributed by atoms with E-state index >= 15 is 0 Å². The van der Waals surface area contributed by atoms with Gasteiger partial charge in [-0.05, 0) is 43.7 Å². The lowest BCUT2D eigenvalue weighted by Gasteiger charge is -2.28. The molecule has 0 aromatic heterocycles. The second-order valence-corrected chi connectivity index (χ2v) is 6.22. The molecular weight excluding hydrogens is 278 g/mol. The number of aromatic carboxylic acids is 1. The highest BCUT2D eigenvalue weighted by atomic mass is 16.4. The number of rotatable bonds is 6. The third-order valence-electron chi connectivity index (χ3n) is 4.61. The average molecular weight is 303 g/mol. The lowest BCUT2D eigenvalue weighted by Crippen LogP contribution is -2.39. The minimum absolute atomic E-state index is 0.0123. The molecule has 0 radical (unpaired) electrons. The predicted octanol–water partition coefficient (Wildman–Crippen LogP) is 3.40. The van der Waals surface area contributed by atoms with Crippen LogP contribution in [-0.4, -0.2) is 23.0 Å². The van der Waals surface area contributed by atoms with Gasteiger partial charge in [-0.25, -0.2) is 4.79 Å². The average Bonchev–Trinajstić information content (AvgIpc) is 2.54. The first kappa shape index (κ1) is 16.5. The molecule has 1 aromatic rings. The molecule has 4 heteroatoms. The molecule has 1 fully saturated rings. The number of carbonyl (C=O) groups excluding carboxylic acids is 1. The van der Waals surface area contributed by atoms with Crippen LogP contribution in [0.3, 0.4) is 0 Å². The highest BCUT2D eigenvalue weighted by Crippen LogP contribution is 2.26. The van der Waals surface area contributed by atoms with E-state index in [1.807, 2.05) is 6.07 Å². The van der Waals surface area contributed by atoms with Crippen LogP contribution in [-0.2, 0) is 11.2 Å². The van der Waals surface area contributed by atoms with Gasteiger partial charge in [-0.1, -0.05) is 37.5 Å². The van der Waals surface area contributed by atoms with E-state index in [4.69, 9.17) is 5.11 Å². The fourth-order valence-corrected chi connectivity index (χ4v) is 3.27. The summed E-state index contributed by atoms with van der Waals surface area (Å²) in [6, 6.07) is 7.09. The highest BCUT2D eigenvalue weighted by molar-refractivity contribution is 5.89. The maximum atomic E-state index is 12.1. The molecule has 0 bridgehead atoms. The number of benzene rings is 1. The summed E-state index contributed by atoms with van der Waals surface area (Å²) in [6.45, 7) is 2.08. The van der Waals surface area contributed by atoms with Gasteiger partial charge in [-0.3, -0.25) is 4.79 Å². The van der Waals surface area contributed by atoms with Crippen molar-refractivity contribution in [3.05, 3.63) is 35.4 Å². The zero-order valence-electron chi connectivity index (χ0n) is 13.2. The van der Waals surface area contributed by atoms with Crippen LogP contribution >= 0.6 is 0 Å². The summed E-state index contributed by atoms with van der Waals surface area (Å²) >= 11 is 0. The van der Waals surface area contributed by atoms with Gasteiger partial charge in [0.2, 0.25) is 5.91 Å². The van der Waals surface area contributed by atoms with Crippen LogP contribution in [0.5, 0.6) is 0 Å². The van der Waals surface area contributed by atoms with Gasteiger partial charge < -0.3 is 10.4 Å². The molecule has 22 heavy (non-hydrogen) atoms. The number of carboxylic acids is 1. The Morgan fingerprint density at radius 3 is 2.59 bits per heavy atom. The third-order valence-corrected chi connectivity index (χ3v) is 4.61. The van der Waals surface area contributed by atoms with Crippen LogP contribution in [0.15, 0.2) is 24.3 Å². The van der Waals surface area contributed by atoms with Crippen LogP contribution in [0.25, 0.3) is 0 Å². The Morgan fingerprint density at radius 2 is 1.91 bits per heavy atom. The van der Waals surface area contributed by atoms with E-state index in [0.717, 1.165) is 5.56 Å². The Hall–Kier alpha value is -1.84. The molecule has 1 saturated carbocycles. The quantitative estimate of drug-likeness (QED) is 0.846. The monoisotopic (exact) mass is 303 g/mol. The first-order chi connectivity index (χ1) is 10.6. The van der Waals surface area contributed by atoms with E-state index in [2.05, 4.69) is 12.2 Å². The van der Waals surface area contributed by atoms with Crippen molar-refractivity contribution in [2.24, 2.45) is 5.92 Å². The molecule has 2 rings (SSSR count). The number of aryl methyl sites for hydroxylation is 1. The molecule has 1 atom stereocenters. The van der Waals surface area contributed by atoms with Crippen molar-refractivity contribution in [2.75, 3.05) is 0 Å². The van der Waals surface area contributed by atoms with Crippen LogP contribution in [0.2, 0.25) is 0 Å². The molecule has 0 saturated heterocycles. The molecule has 4 nitrogen and oxygen atoms in total. The van der Waals surface area contributed by atoms with Crippen molar-refractivity contribution in [3.63, 3.8) is 0 Å². The number of hydrogen-bond acceptors (Lipinski definition) is 2. The molecule has 0 spiro atoms. The summed E-state index contributed by atoms with van der Waals surface area (Å²) in [5, 5.41) is 12.2. The number of hydrogen-bond donors (Lipinski definition) is 2. The van der Waals surface area contributed by atoms with Gasteiger partial charge in [-0.15, -0.1) is 0 Å². The number of amides is 1. The van der Waals surface area contributed by atoms with Crippen molar-refractivity contribution in [1.82, 2.24) is 5.32 Å². The Morgan fingerprint density at radius 1 is 1.23 bits per heavy atom. The van der Waals surface area contributed by atoms with Gasteiger partial charge >= 0.3 is 5.97 Å². The summed E-state index contributed by atoms with van der Waals surface area (Å²) in [5.74, 6) is -0.339. The van der Waals surface area contributed by atoms with Crippen LogP contribution < -0.4 is 5.32 Å². The second-order valence-electron chi connectivity index (χ2n) is 6.22. The van der Waals surface area contributed by atoms with Gasteiger partial charge in [0, 0.05) is 12.5 Å². The van der Waals surface area contributed by atoms with E-state index < -0.39 is 5.97 Å². The molecule has 1 unspecified atom stereocenters. The molecule has 120 valence electrons. The third kappa shape index (κ3) is 4.58. The lowest BCUT2D eigenvalue weighted by atomic mass is 9.84. The Kier molecular flexibility index (Phi) is 5.99. The smallest absolute Gasteiger partial charge is 0.335 e. The molecular formula is C18H25NO3. The first-order valence-electron chi connectivity index (χ1n) is 8.18. The van der Waals surface area contributed by atoms with E-state index in [1.54, 1.807) is 18.2 Å². The number of nitrogens with one attached hydrogen (secondary N) is 1. The second kappa shape index (κ2) is 7.97. The summed E-state index contributed by atoms with van der Waals surface area (Å²) in [6.07, 6.45) is 7.02. The zero-order valence-corrected chi connectivity index (χ0v) is 13.2. The number of carboxylic acid groups (broad SMARTS) is 1. The SMILES string of the molecule is CC(NC(=O)CCc1ccccc1C(=O)O)C1CCCCC1. The van der Waals surface area contributed by atoms with Crippen molar-refractivity contribution < 1.29 is 14.7 Å². The summed E-state index contributed by atoms with van der Waals surface area (Å²) in [7, 11) is 0. The maximum Gasteiger partial charge on any atom is 0.335 e. The lowest BCUT2D eigenvalue weighted by molar-refractivity contribution is -0.122. The summed E-state index contributed by atoms with van der Waals surface area (Å²) < 4.78 is 0. The van der Waals surface area contributed by atoms with Gasteiger partial charge in [0.1, 0.15) is 0 Å². The first-order valence-corrected chi connectivity index (χ1v) is 8.18. The van der Waals surface area contributed by atoms with Crippen molar-refractivity contribution >= 4 is 11.9 Å². The Bertz CT molecular complexity index is 521. The van der Waals surface area contributed by atoms with E-state index in [9.17, 15) is 9.59 Å². The molecule has 0 heterocycles. The molecule has 1 aromatic carbocycles. The van der Waals surface area contributed by atoms with Crippen LogP contribution in [0.4, 0.5) is 0 Å². The Balaban J connectivity index is 1.84. The molecule has 0 aliphatic heterocycles. The zero-order chi connectivity index (χ0) is 15.9. The van der Waals surface area contributed by atoms with Crippen molar-refractivity contribution in [1.29, 1.82) is 0 Å². The van der Waals surface area contributed by atoms with Gasteiger partial charge in [-0.2, -0.15) is 0 Å². The van der Waals surface area contributed by atoms with E-state index in [-0.39, 0.29) is 17.5 Å². The van der Waals surface area contributed by atoms with Gasteiger partial charge in [0.15, 0.2) is 0 Å². The summed E-state index contributed by atoms with van der Waals surface area (Å²) in [4.78, 5) is 23.2. The van der Waals surface area contributed by atoms with Crippen LogP contribution in [0, 0.1) is 5.92 Å². The largest absolute Gasteiger partial charge is 0.478 e. The predicted molar refractivity (Wildman–Crippen MR) is 85.9 cm³/mol. The summed E-state index contributed by atoms with van der Waals surface area (Å²) in [5.41, 5.74) is 1.01. The van der Waals surface area contributed by atoms with Crippen LogP contribution in [0.1, 0.15) is 61.4 Å². The molecule has 1 amide bonds. The molecule has 2 N–H and O–H groups in total. The van der Waals surface area contributed by atoms with Gasteiger partial charge in [0.25, 0.3) is 0 Å². The van der Waals surface area contributed by atoms with Crippen molar-refractivity contribution in [3.8, 4) is 0 Å². The van der Waals surface area contributed by atoms with E-state index in [0.29, 0.717) is 18.8 Å². The maximum absolute atomic E-state index is 12.1. The van der Waals surface area contributed by atoms with E-state index in [1.165, 1.54) is 32.1 Å². The molecule has 1 aliphatic rings. The standard InChI is InChI=1S/C18H25NO3/c1-13(14-7-3-2-4-8-14)19-17(20)12-11-15-9-5-6-10-16(15)18(21)22/h5-6,9-10,13-14H,2-4,7-8,11-12H2,1H3,(H,19,20)(H,21,22). The number of carbonyl (C=O) groups is 2. The normalized spacial score (nSPS) is 17.0. The Labute approximate surface area is 131 Å². The topological polar surface area (TPSA) is 66.4 Å². The minimum atomic E-state index is -0.938. The highest BCUT2D eigenvalue weighted by Gasteiger charge is 2.21. The van der Waals surface area contributed by atoms with Gasteiger partial charge in [0.05, 0.1) is 5.56 Å². The fourth-order valence-electron chi connectivity index (χ4n) is 3.27. The molecule has 1 aliphatic carbocycles. The van der Waals surface area contributed by atoms with Crippen molar-refractivity contribution in [2.45, 2.75) is 57.9 Å². The minimum Gasteiger partial charge on any atom is -0.478 e.